The zero-order valence-electron chi connectivity index (χ0n) is 13.1. The van der Waals surface area contributed by atoms with Crippen LogP contribution in [0.25, 0.3) is 0 Å². The van der Waals surface area contributed by atoms with Gasteiger partial charge >= 0.3 is 6.03 Å². The molecule has 0 aromatic heterocycles. The SMILES string of the molecule is CCC(C)C(C)(O)CNC(=O)NCCOc1ccccc1. The number of benzene rings is 1. The lowest BCUT2D eigenvalue weighted by Gasteiger charge is -2.29. The minimum absolute atomic E-state index is 0.124. The van der Waals surface area contributed by atoms with Crippen LogP contribution in [0.3, 0.4) is 0 Å². The van der Waals surface area contributed by atoms with Gasteiger partial charge in [-0.3, -0.25) is 0 Å². The molecule has 0 aliphatic carbocycles. The van der Waals surface area contributed by atoms with E-state index in [1.54, 1.807) is 6.92 Å². The van der Waals surface area contributed by atoms with E-state index in [9.17, 15) is 9.90 Å². The van der Waals surface area contributed by atoms with Crippen molar-refractivity contribution in [2.45, 2.75) is 32.8 Å². The first-order valence-electron chi connectivity index (χ1n) is 7.37. The third-order valence-corrected chi connectivity index (χ3v) is 3.68. The summed E-state index contributed by atoms with van der Waals surface area (Å²) in [5.41, 5.74) is -0.896. The van der Waals surface area contributed by atoms with Gasteiger partial charge in [0, 0.05) is 6.54 Å². The van der Waals surface area contributed by atoms with Gasteiger partial charge in [-0.15, -0.1) is 0 Å². The van der Waals surface area contributed by atoms with Crippen molar-refractivity contribution in [1.29, 1.82) is 0 Å². The standard InChI is InChI=1S/C16H26N2O3/c1-4-13(2)16(3,20)12-18-15(19)17-10-11-21-14-8-6-5-7-9-14/h5-9,13,20H,4,10-12H2,1-3H3,(H2,17,18,19). The highest BCUT2D eigenvalue weighted by Crippen LogP contribution is 2.18. The van der Waals surface area contributed by atoms with E-state index in [0.717, 1.165) is 12.2 Å². The Morgan fingerprint density at radius 1 is 1.33 bits per heavy atom. The van der Waals surface area contributed by atoms with Crippen molar-refractivity contribution in [3.63, 3.8) is 0 Å². The monoisotopic (exact) mass is 294 g/mol. The van der Waals surface area contributed by atoms with Crippen molar-refractivity contribution in [3.8, 4) is 5.75 Å². The fourth-order valence-electron chi connectivity index (χ4n) is 1.79. The molecule has 0 aliphatic rings. The molecule has 1 aromatic rings. The summed E-state index contributed by atoms with van der Waals surface area (Å²) in [4.78, 5) is 11.6. The Bertz CT molecular complexity index is 421. The van der Waals surface area contributed by atoms with E-state index in [1.165, 1.54) is 0 Å². The number of carbonyl (C=O) groups is 1. The van der Waals surface area contributed by atoms with E-state index >= 15 is 0 Å². The zero-order chi connectivity index (χ0) is 15.7. The molecule has 1 rings (SSSR count). The summed E-state index contributed by atoms with van der Waals surface area (Å²) in [7, 11) is 0. The first-order chi connectivity index (χ1) is 9.95. The Hall–Kier alpha value is -1.75. The second-order valence-corrected chi connectivity index (χ2v) is 5.44. The number of amides is 2. The molecule has 5 nitrogen and oxygen atoms in total. The van der Waals surface area contributed by atoms with Crippen LogP contribution in [0.4, 0.5) is 4.79 Å². The number of urea groups is 1. The molecule has 0 saturated heterocycles. The molecule has 0 bridgehead atoms. The predicted molar refractivity (Wildman–Crippen MR) is 83.4 cm³/mol. The van der Waals surface area contributed by atoms with Crippen LogP contribution >= 0.6 is 0 Å². The fraction of sp³-hybridized carbons (Fsp3) is 0.562. The molecule has 2 atom stereocenters. The lowest BCUT2D eigenvalue weighted by atomic mass is 9.89. The number of hydrogen-bond donors (Lipinski definition) is 3. The van der Waals surface area contributed by atoms with Gasteiger partial charge in [-0.25, -0.2) is 4.79 Å². The highest BCUT2D eigenvalue weighted by atomic mass is 16.5. The van der Waals surface area contributed by atoms with Crippen LogP contribution in [0.2, 0.25) is 0 Å². The number of ether oxygens (including phenoxy) is 1. The third kappa shape index (κ3) is 6.49. The smallest absolute Gasteiger partial charge is 0.315 e. The van der Waals surface area contributed by atoms with Gasteiger partial charge in [0.1, 0.15) is 12.4 Å². The number of hydrogen-bond acceptors (Lipinski definition) is 3. The Balaban J connectivity index is 2.17. The summed E-state index contributed by atoms with van der Waals surface area (Å²) >= 11 is 0. The minimum Gasteiger partial charge on any atom is -0.492 e. The molecule has 5 heteroatoms. The predicted octanol–water partition coefficient (Wildman–Crippen LogP) is 2.16. The molecule has 0 aliphatic heterocycles. The second kappa shape index (κ2) is 8.52. The van der Waals surface area contributed by atoms with Gasteiger partial charge in [-0.1, -0.05) is 38.5 Å². The Morgan fingerprint density at radius 2 is 2.00 bits per heavy atom. The highest BCUT2D eigenvalue weighted by molar-refractivity contribution is 5.73. The van der Waals surface area contributed by atoms with Crippen molar-refractivity contribution >= 4 is 6.03 Å². The summed E-state index contributed by atoms with van der Waals surface area (Å²) in [6.45, 7) is 6.76. The molecule has 0 radical (unpaired) electrons. The average Bonchev–Trinajstić information content (AvgIpc) is 2.49. The first kappa shape index (κ1) is 17.3. The fourth-order valence-corrected chi connectivity index (χ4v) is 1.79. The van der Waals surface area contributed by atoms with Crippen molar-refractivity contribution in [1.82, 2.24) is 10.6 Å². The summed E-state index contributed by atoms with van der Waals surface area (Å²) in [6.07, 6.45) is 0.862. The number of rotatable bonds is 8. The molecule has 1 aromatic carbocycles. The molecule has 0 fully saturated rings. The highest BCUT2D eigenvalue weighted by Gasteiger charge is 2.27. The molecular weight excluding hydrogens is 268 g/mol. The molecule has 0 heterocycles. The van der Waals surface area contributed by atoms with E-state index in [2.05, 4.69) is 10.6 Å². The molecule has 118 valence electrons. The van der Waals surface area contributed by atoms with Crippen LogP contribution in [0.5, 0.6) is 5.75 Å². The largest absolute Gasteiger partial charge is 0.492 e. The maximum atomic E-state index is 11.6. The topological polar surface area (TPSA) is 70.6 Å². The quantitative estimate of drug-likeness (QED) is 0.643. The van der Waals surface area contributed by atoms with Crippen LogP contribution in [0.15, 0.2) is 30.3 Å². The van der Waals surface area contributed by atoms with Gasteiger partial charge < -0.3 is 20.5 Å². The maximum Gasteiger partial charge on any atom is 0.315 e. The molecule has 0 saturated carbocycles. The van der Waals surface area contributed by atoms with E-state index in [4.69, 9.17) is 4.74 Å². The van der Waals surface area contributed by atoms with Gasteiger partial charge in [-0.2, -0.15) is 0 Å². The van der Waals surface area contributed by atoms with Crippen molar-refractivity contribution in [2.75, 3.05) is 19.7 Å². The second-order valence-electron chi connectivity index (χ2n) is 5.44. The average molecular weight is 294 g/mol. The normalized spacial score (nSPS) is 14.9. The van der Waals surface area contributed by atoms with Crippen LogP contribution < -0.4 is 15.4 Å². The van der Waals surface area contributed by atoms with Gasteiger partial charge in [0.15, 0.2) is 0 Å². The Morgan fingerprint density at radius 3 is 2.62 bits per heavy atom. The van der Waals surface area contributed by atoms with Gasteiger partial charge in [0.2, 0.25) is 0 Å². The van der Waals surface area contributed by atoms with Crippen LogP contribution in [0.1, 0.15) is 27.2 Å². The third-order valence-electron chi connectivity index (χ3n) is 3.68. The van der Waals surface area contributed by atoms with Crippen molar-refractivity contribution in [2.24, 2.45) is 5.92 Å². The van der Waals surface area contributed by atoms with Crippen LogP contribution in [-0.2, 0) is 0 Å². The molecule has 2 unspecified atom stereocenters. The van der Waals surface area contributed by atoms with E-state index in [1.807, 2.05) is 44.2 Å². The van der Waals surface area contributed by atoms with Gasteiger partial charge in [0.05, 0.1) is 12.1 Å². The van der Waals surface area contributed by atoms with E-state index in [0.29, 0.717) is 13.2 Å². The van der Waals surface area contributed by atoms with Gasteiger partial charge in [-0.05, 0) is 25.0 Å². The van der Waals surface area contributed by atoms with E-state index in [-0.39, 0.29) is 18.5 Å². The number of nitrogens with one attached hydrogen (secondary N) is 2. The molecule has 2 amide bonds. The Labute approximate surface area is 126 Å². The van der Waals surface area contributed by atoms with Crippen molar-refractivity contribution in [3.05, 3.63) is 30.3 Å². The van der Waals surface area contributed by atoms with Crippen LogP contribution in [0, 0.1) is 5.92 Å². The van der Waals surface area contributed by atoms with Crippen molar-refractivity contribution < 1.29 is 14.6 Å². The number of carbonyl (C=O) groups excluding carboxylic acids is 1. The van der Waals surface area contributed by atoms with Crippen LogP contribution in [-0.4, -0.2) is 36.4 Å². The van der Waals surface area contributed by atoms with E-state index < -0.39 is 5.60 Å². The molecule has 3 N–H and O–H groups in total. The summed E-state index contributed by atoms with van der Waals surface area (Å²) in [5, 5.41) is 15.6. The molecular formula is C16H26N2O3. The zero-order valence-corrected chi connectivity index (χ0v) is 13.1. The molecule has 21 heavy (non-hydrogen) atoms. The minimum atomic E-state index is -0.896. The Kier molecular flexibility index (Phi) is 7.02. The first-order valence-corrected chi connectivity index (χ1v) is 7.37. The summed E-state index contributed by atoms with van der Waals surface area (Å²) in [6, 6.07) is 9.14. The maximum absolute atomic E-state index is 11.6. The lowest BCUT2D eigenvalue weighted by Crippen LogP contribution is -2.48. The number of para-hydroxylation sites is 1. The number of aliphatic hydroxyl groups is 1. The summed E-state index contributed by atoms with van der Waals surface area (Å²) in [5.74, 6) is 0.902. The van der Waals surface area contributed by atoms with Gasteiger partial charge in [0.25, 0.3) is 0 Å². The lowest BCUT2D eigenvalue weighted by molar-refractivity contribution is 0.00790. The summed E-state index contributed by atoms with van der Waals surface area (Å²) < 4.78 is 5.47. The molecule has 0 spiro atoms.